The summed E-state index contributed by atoms with van der Waals surface area (Å²) in [5.74, 6) is 4.99. The van der Waals surface area contributed by atoms with E-state index in [0.717, 1.165) is 0 Å². The minimum atomic E-state index is -0.333. The van der Waals surface area contributed by atoms with Crippen molar-refractivity contribution in [3.05, 3.63) is 34.4 Å². The Morgan fingerprint density at radius 1 is 1.50 bits per heavy atom. The summed E-state index contributed by atoms with van der Waals surface area (Å²) < 4.78 is 6.84. The summed E-state index contributed by atoms with van der Waals surface area (Å²) in [6.07, 6.45) is 3.86. The molecule has 1 atom stereocenters. The van der Waals surface area contributed by atoms with Gasteiger partial charge in [-0.2, -0.15) is 5.10 Å². The third-order valence-electron chi connectivity index (χ3n) is 4.16. The van der Waals surface area contributed by atoms with E-state index in [9.17, 15) is 9.59 Å². The van der Waals surface area contributed by atoms with E-state index in [1.54, 1.807) is 29.6 Å². The van der Waals surface area contributed by atoms with Crippen LogP contribution in [0.4, 0.5) is 0 Å². The van der Waals surface area contributed by atoms with Gasteiger partial charge in [0.25, 0.3) is 11.8 Å². The molecule has 1 fully saturated rings. The molecule has 0 bridgehead atoms. The van der Waals surface area contributed by atoms with Crippen molar-refractivity contribution in [3.8, 4) is 11.8 Å². The molecule has 3 rings (SSSR count). The summed E-state index contributed by atoms with van der Waals surface area (Å²) in [7, 11) is 0. The summed E-state index contributed by atoms with van der Waals surface area (Å²) in [4.78, 5) is 26.1. The van der Waals surface area contributed by atoms with Gasteiger partial charge in [0.15, 0.2) is 5.69 Å². The summed E-state index contributed by atoms with van der Waals surface area (Å²) in [5, 5.41) is 11.4. The Balaban J connectivity index is 1.70. The van der Waals surface area contributed by atoms with Gasteiger partial charge in [0.2, 0.25) is 0 Å². The average Bonchev–Trinajstić information content (AvgIpc) is 3.30. The van der Waals surface area contributed by atoms with Crippen molar-refractivity contribution in [1.29, 1.82) is 0 Å². The van der Waals surface area contributed by atoms with Crippen LogP contribution >= 0.6 is 11.6 Å². The van der Waals surface area contributed by atoms with Gasteiger partial charge in [0.1, 0.15) is 5.76 Å². The van der Waals surface area contributed by atoms with Crippen LogP contribution in [0, 0.1) is 18.8 Å². The molecule has 136 valence electrons. The molecule has 8 nitrogen and oxygen atoms in total. The van der Waals surface area contributed by atoms with Crippen molar-refractivity contribution in [3.63, 3.8) is 0 Å². The molecule has 9 heteroatoms. The smallest absolute Gasteiger partial charge is 0.296 e. The number of likely N-dealkylation sites (tertiary alicyclic amines) is 1. The van der Waals surface area contributed by atoms with Crippen molar-refractivity contribution in [1.82, 2.24) is 25.2 Å². The van der Waals surface area contributed by atoms with E-state index in [1.807, 2.05) is 0 Å². The number of rotatable bonds is 4. The zero-order valence-electron chi connectivity index (χ0n) is 14.5. The molecule has 1 N–H and O–H groups in total. The number of carbonyl (C=O) groups excluding carboxylic acids is 2. The number of aryl methyl sites for hydroxylation is 1. The maximum Gasteiger partial charge on any atom is 0.296 e. The molecule has 1 saturated heterocycles. The van der Waals surface area contributed by atoms with Gasteiger partial charge >= 0.3 is 0 Å². The predicted molar refractivity (Wildman–Crippen MR) is 93.5 cm³/mol. The molecule has 0 saturated carbocycles. The average molecular weight is 376 g/mol. The molecule has 0 radical (unpaired) electrons. The standard InChI is InChI=1S/C17H18ClN5O3/c1-3-4-15(24)20-13-5-6-22(9-13)17(25)16-14(11(2)26-21-16)10-23-8-12(18)7-19-23/h7-8,13H,5-6,9-10H2,1-2H3,(H,20,24). The number of hydrogen-bond acceptors (Lipinski definition) is 5. The lowest BCUT2D eigenvalue weighted by Crippen LogP contribution is -2.38. The first-order valence-corrected chi connectivity index (χ1v) is 8.51. The minimum Gasteiger partial charge on any atom is -0.361 e. The Morgan fingerprint density at radius 3 is 3.00 bits per heavy atom. The molecule has 0 aliphatic carbocycles. The lowest BCUT2D eigenvalue weighted by atomic mass is 10.1. The van der Waals surface area contributed by atoms with Crippen molar-refractivity contribution < 1.29 is 14.1 Å². The molecular weight excluding hydrogens is 358 g/mol. The first-order valence-electron chi connectivity index (χ1n) is 8.13. The molecule has 1 aliphatic rings. The predicted octanol–water partition coefficient (Wildman–Crippen LogP) is 1.24. The molecule has 2 amide bonds. The molecule has 0 spiro atoms. The lowest BCUT2D eigenvalue weighted by molar-refractivity contribution is -0.116. The van der Waals surface area contributed by atoms with Crippen molar-refractivity contribution in [2.75, 3.05) is 13.1 Å². The Kier molecular flexibility index (Phi) is 5.28. The van der Waals surface area contributed by atoms with Crippen LogP contribution < -0.4 is 5.32 Å². The fraction of sp³-hybridized carbons (Fsp3) is 0.412. The topological polar surface area (TPSA) is 93.3 Å². The molecular formula is C17H18ClN5O3. The van der Waals surface area contributed by atoms with E-state index in [-0.39, 0.29) is 23.6 Å². The largest absolute Gasteiger partial charge is 0.361 e. The van der Waals surface area contributed by atoms with E-state index in [0.29, 0.717) is 42.4 Å². The number of hydrogen-bond donors (Lipinski definition) is 1. The van der Waals surface area contributed by atoms with E-state index in [2.05, 4.69) is 27.4 Å². The maximum absolute atomic E-state index is 12.8. The van der Waals surface area contributed by atoms with E-state index in [1.165, 1.54) is 6.20 Å². The second-order valence-corrected chi connectivity index (χ2v) is 6.44. The number of nitrogens with one attached hydrogen (secondary N) is 1. The molecule has 1 aliphatic heterocycles. The van der Waals surface area contributed by atoms with Gasteiger partial charge in [-0.1, -0.05) is 22.7 Å². The molecule has 2 aromatic rings. The minimum absolute atomic E-state index is 0.117. The highest BCUT2D eigenvalue weighted by Gasteiger charge is 2.31. The Bertz CT molecular complexity index is 892. The van der Waals surface area contributed by atoms with Gasteiger partial charge in [-0.3, -0.25) is 14.3 Å². The van der Waals surface area contributed by atoms with Crippen LogP contribution in [0.25, 0.3) is 0 Å². The second-order valence-electron chi connectivity index (χ2n) is 6.01. The van der Waals surface area contributed by atoms with Gasteiger partial charge in [0, 0.05) is 30.9 Å². The van der Waals surface area contributed by atoms with E-state index >= 15 is 0 Å². The summed E-state index contributed by atoms with van der Waals surface area (Å²) in [6.45, 7) is 4.63. The van der Waals surface area contributed by atoms with Crippen LogP contribution in [-0.2, 0) is 11.3 Å². The summed E-state index contributed by atoms with van der Waals surface area (Å²) in [5.41, 5.74) is 0.925. The second kappa shape index (κ2) is 7.62. The van der Waals surface area contributed by atoms with Crippen LogP contribution in [0.2, 0.25) is 5.02 Å². The highest BCUT2D eigenvalue weighted by molar-refractivity contribution is 6.30. The van der Waals surface area contributed by atoms with Gasteiger partial charge in [0.05, 0.1) is 17.8 Å². The molecule has 3 heterocycles. The van der Waals surface area contributed by atoms with Gasteiger partial charge < -0.3 is 14.7 Å². The Hall–Kier alpha value is -2.79. The van der Waals surface area contributed by atoms with Crippen LogP contribution in [-0.4, -0.2) is 50.8 Å². The SMILES string of the molecule is CC#CC(=O)NC1CCN(C(=O)c2noc(C)c2Cn2cc(Cl)cn2)C1. The maximum atomic E-state index is 12.8. The van der Waals surface area contributed by atoms with Crippen molar-refractivity contribution in [2.24, 2.45) is 0 Å². The van der Waals surface area contributed by atoms with Crippen LogP contribution in [0.1, 0.15) is 35.2 Å². The van der Waals surface area contributed by atoms with E-state index < -0.39 is 0 Å². The zero-order chi connectivity index (χ0) is 18.7. The summed E-state index contributed by atoms with van der Waals surface area (Å²) >= 11 is 5.88. The first-order chi connectivity index (χ1) is 12.5. The number of amides is 2. The lowest BCUT2D eigenvalue weighted by Gasteiger charge is -2.16. The number of aromatic nitrogens is 3. The molecule has 1 unspecified atom stereocenters. The highest BCUT2D eigenvalue weighted by atomic mass is 35.5. The van der Waals surface area contributed by atoms with Gasteiger partial charge in [-0.25, -0.2) is 0 Å². The molecule has 26 heavy (non-hydrogen) atoms. The highest BCUT2D eigenvalue weighted by Crippen LogP contribution is 2.20. The Morgan fingerprint density at radius 2 is 2.31 bits per heavy atom. The van der Waals surface area contributed by atoms with E-state index in [4.69, 9.17) is 16.1 Å². The quantitative estimate of drug-likeness (QED) is 0.811. The third kappa shape index (κ3) is 3.89. The number of nitrogens with zero attached hydrogens (tertiary/aromatic N) is 4. The number of carbonyl (C=O) groups is 2. The molecule has 2 aromatic heterocycles. The zero-order valence-corrected chi connectivity index (χ0v) is 15.2. The van der Waals surface area contributed by atoms with Crippen molar-refractivity contribution >= 4 is 23.4 Å². The first kappa shape index (κ1) is 18.0. The third-order valence-corrected chi connectivity index (χ3v) is 4.35. The normalized spacial score (nSPS) is 16.3. The van der Waals surface area contributed by atoms with Gasteiger partial charge in [-0.05, 0) is 26.2 Å². The monoisotopic (exact) mass is 375 g/mol. The fourth-order valence-corrected chi connectivity index (χ4v) is 3.04. The van der Waals surface area contributed by atoms with Crippen LogP contribution in [0.3, 0.4) is 0 Å². The van der Waals surface area contributed by atoms with Crippen LogP contribution in [0.5, 0.6) is 0 Å². The Labute approximate surface area is 155 Å². The summed E-state index contributed by atoms with van der Waals surface area (Å²) in [6, 6.07) is -0.117. The van der Waals surface area contributed by atoms with Gasteiger partial charge in [-0.15, -0.1) is 0 Å². The van der Waals surface area contributed by atoms with Crippen molar-refractivity contribution in [2.45, 2.75) is 32.9 Å². The van der Waals surface area contributed by atoms with Crippen LogP contribution in [0.15, 0.2) is 16.9 Å². The number of halogens is 1. The fourth-order valence-electron chi connectivity index (χ4n) is 2.88. The molecule has 0 aromatic carbocycles.